The highest BCUT2D eigenvalue weighted by atomic mass is 19.1. The minimum absolute atomic E-state index is 0.0219. The van der Waals surface area contributed by atoms with Gasteiger partial charge in [-0.2, -0.15) is 0 Å². The summed E-state index contributed by atoms with van der Waals surface area (Å²) in [5, 5.41) is 2.80. The first-order valence-electron chi connectivity index (χ1n) is 8.69. The van der Waals surface area contributed by atoms with Crippen LogP contribution in [0.4, 0.5) is 10.1 Å². The van der Waals surface area contributed by atoms with Crippen LogP contribution in [-0.4, -0.2) is 53.8 Å². The second kappa shape index (κ2) is 8.10. The summed E-state index contributed by atoms with van der Waals surface area (Å²) in [4.78, 5) is 28.7. The summed E-state index contributed by atoms with van der Waals surface area (Å²) in [5.74, 6) is -0.455. The highest BCUT2D eigenvalue weighted by Crippen LogP contribution is 2.13. The molecule has 1 N–H and O–H groups in total. The molecule has 3 rings (SSSR count). The largest absolute Gasteiger partial charge is 0.336 e. The molecule has 6 heteroatoms. The van der Waals surface area contributed by atoms with Gasteiger partial charge in [-0.1, -0.05) is 18.2 Å². The molecule has 0 aromatic heterocycles. The van der Waals surface area contributed by atoms with E-state index in [9.17, 15) is 14.0 Å². The Hall–Kier alpha value is -2.73. The molecule has 1 unspecified atom stereocenters. The summed E-state index contributed by atoms with van der Waals surface area (Å²) in [7, 11) is 0. The van der Waals surface area contributed by atoms with E-state index in [0.29, 0.717) is 37.4 Å². The Morgan fingerprint density at radius 1 is 0.962 bits per heavy atom. The molecule has 26 heavy (non-hydrogen) atoms. The van der Waals surface area contributed by atoms with Crippen LogP contribution < -0.4 is 5.32 Å². The van der Waals surface area contributed by atoms with Crippen LogP contribution in [0.1, 0.15) is 17.3 Å². The van der Waals surface area contributed by atoms with Gasteiger partial charge in [0.15, 0.2) is 0 Å². The molecule has 0 spiro atoms. The molecule has 5 nitrogen and oxygen atoms in total. The molecule has 1 atom stereocenters. The van der Waals surface area contributed by atoms with Crippen LogP contribution in [0.25, 0.3) is 0 Å². The molecule has 2 amide bonds. The lowest BCUT2D eigenvalue weighted by molar-refractivity contribution is -0.121. The molecule has 0 radical (unpaired) electrons. The van der Waals surface area contributed by atoms with Crippen molar-refractivity contribution in [1.29, 1.82) is 0 Å². The summed E-state index contributed by atoms with van der Waals surface area (Å²) in [6.45, 7) is 4.28. The summed E-state index contributed by atoms with van der Waals surface area (Å²) < 4.78 is 12.9. The number of carbonyl (C=O) groups is 2. The summed E-state index contributed by atoms with van der Waals surface area (Å²) >= 11 is 0. The first-order chi connectivity index (χ1) is 12.5. The van der Waals surface area contributed by atoms with Crippen molar-refractivity contribution in [1.82, 2.24) is 9.80 Å². The Bertz CT molecular complexity index is 756. The minimum atomic E-state index is -0.338. The zero-order chi connectivity index (χ0) is 18.5. The van der Waals surface area contributed by atoms with Crippen LogP contribution in [0.3, 0.4) is 0 Å². The molecule has 1 aliphatic heterocycles. The number of nitrogens with one attached hydrogen (secondary N) is 1. The van der Waals surface area contributed by atoms with Crippen LogP contribution in [0, 0.1) is 5.82 Å². The summed E-state index contributed by atoms with van der Waals surface area (Å²) in [6, 6.07) is 14.6. The van der Waals surface area contributed by atoms with Gasteiger partial charge < -0.3 is 10.2 Å². The number of hydrogen-bond donors (Lipinski definition) is 1. The monoisotopic (exact) mass is 355 g/mol. The van der Waals surface area contributed by atoms with E-state index in [4.69, 9.17) is 0 Å². The van der Waals surface area contributed by atoms with Crippen LogP contribution in [0.15, 0.2) is 54.6 Å². The number of anilines is 1. The van der Waals surface area contributed by atoms with Gasteiger partial charge in [0, 0.05) is 37.4 Å². The number of carbonyl (C=O) groups excluding carboxylic acids is 2. The van der Waals surface area contributed by atoms with Gasteiger partial charge in [-0.3, -0.25) is 14.5 Å². The van der Waals surface area contributed by atoms with Gasteiger partial charge in [0.2, 0.25) is 5.91 Å². The summed E-state index contributed by atoms with van der Waals surface area (Å²) in [5.41, 5.74) is 1.25. The predicted molar refractivity (Wildman–Crippen MR) is 98.4 cm³/mol. The molecule has 2 aromatic carbocycles. The van der Waals surface area contributed by atoms with Crippen LogP contribution in [-0.2, 0) is 4.79 Å². The second-order valence-corrected chi connectivity index (χ2v) is 6.37. The van der Waals surface area contributed by atoms with E-state index in [1.54, 1.807) is 0 Å². The molecule has 0 bridgehead atoms. The lowest BCUT2D eigenvalue weighted by Crippen LogP contribution is -2.54. The molecule has 1 aliphatic rings. The highest BCUT2D eigenvalue weighted by molar-refractivity contribution is 5.95. The molecule has 2 aromatic rings. The van der Waals surface area contributed by atoms with Crippen LogP contribution in [0.5, 0.6) is 0 Å². The van der Waals surface area contributed by atoms with Gasteiger partial charge in [-0.25, -0.2) is 4.39 Å². The van der Waals surface area contributed by atoms with E-state index in [-0.39, 0.29) is 23.7 Å². The normalized spacial score (nSPS) is 16.2. The Kier molecular flexibility index (Phi) is 5.63. The van der Waals surface area contributed by atoms with E-state index in [2.05, 4.69) is 5.32 Å². The van der Waals surface area contributed by atoms with Crippen molar-refractivity contribution in [2.24, 2.45) is 0 Å². The highest BCUT2D eigenvalue weighted by Gasteiger charge is 2.27. The van der Waals surface area contributed by atoms with Gasteiger partial charge in [-0.15, -0.1) is 0 Å². The van der Waals surface area contributed by atoms with Crippen molar-refractivity contribution in [3.8, 4) is 0 Å². The van der Waals surface area contributed by atoms with E-state index >= 15 is 0 Å². The van der Waals surface area contributed by atoms with Gasteiger partial charge in [0.05, 0.1) is 6.04 Å². The molecule has 0 saturated carbocycles. The molecule has 1 saturated heterocycles. The molecular weight excluding hydrogens is 333 g/mol. The maximum absolute atomic E-state index is 12.9. The number of amides is 2. The smallest absolute Gasteiger partial charge is 0.253 e. The lowest BCUT2D eigenvalue weighted by atomic mass is 10.1. The third-order valence-electron chi connectivity index (χ3n) is 4.66. The van der Waals surface area contributed by atoms with Gasteiger partial charge in [0.1, 0.15) is 5.82 Å². The van der Waals surface area contributed by atoms with E-state index in [0.717, 1.165) is 0 Å². The summed E-state index contributed by atoms with van der Waals surface area (Å²) in [6.07, 6.45) is 0. The van der Waals surface area contributed by atoms with Gasteiger partial charge in [-0.05, 0) is 43.3 Å². The second-order valence-electron chi connectivity index (χ2n) is 6.37. The van der Waals surface area contributed by atoms with Crippen LogP contribution >= 0.6 is 0 Å². The standard InChI is InChI=1S/C20H22FN3O2/c1-15(19(25)22-18-9-7-17(21)8-10-18)23-11-13-24(14-12-23)20(26)16-5-3-2-4-6-16/h2-10,15H,11-14H2,1H3,(H,22,25). The third kappa shape index (κ3) is 4.26. The molecule has 136 valence electrons. The predicted octanol–water partition coefficient (Wildman–Crippen LogP) is 2.61. The molecule has 0 aliphatic carbocycles. The number of rotatable bonds is 4. The first-order valence-corrected chi connectivity index (χ1v) is 8.69. The number of halogens is 1. The van der Waals surface area contributed by atoms with Gasteiger partial charge >= 0.3 is 0 Å². The fourth-order valence-corrected chi connectivity index (χ4v) is 3.02. The Labute approximate surface area is 152 Å². The van der Waals surface area contributed by atoms with E-state index in [1.807, 2.05) is 47.1 Å². The maximum atomic E-state index is 12.9. The van der Waals surface area contributed by atoms with Crippen molar-refractivity contribution in [3.05, 3.63) is 66.0 Å². The van der Waals surface area contributed by atoms with Crippen molar-refractivity contribution in [3.63, 3.8) is 0 Å². The fraction of sp³-hybridized carbons (Fsp3) is 0.300. The molecular formula is C20H22FN3O2. The van der Waals surface area contributed by atoms with Crippen LogP contribution in [0.2, 0.25) is 0 Å². The topological polar surface area (TPSA) is 52.7 Å². The molecule has 1 fully saturated rings. The third-order valence-corrected chi connectivity index (χ3v) is 4.66. The maximum Gasteiger partial charge on any atom is 0.253 e. The van der Waals surface area contributed by atoms with E-state index in [1.165, 1.54) is 24.3 Å². The van der Waals surface area contributed by atoms with Crippen molar-refractivity contribution in [2.75, 3.05) is 31.5 Å². The average molecular weight is 355 g/mol. The number of benzene rings is 2. The minimum Gasteiger partial charge on any atom is -0.336 e. The average Bonchev–Trinajstić information content (AvgIpc) is 2.69. The Balaban J connectivity index is 1.53. The zero-order valence-corrected chi connectivity index (χ0v) is 14.7. The zero-order valence-electron chi connectivity index (χ0n) is 14.7. The van der Waals surface area contributed by atoms with Crippen molar-refractivity contribution in [2.45, 2.75) is 13.0 Å². The lowest BCUT2D eigenvalue weighted by Gasteiger charge is -2.37. The number of piperazine rings is 1. The van der Waals surface area contributed by atoms with Crippen molar-refractivity contribution >= 4 is 17.5 Å². The molecule has 1 heterocycles. The van der Waals surface area contributed by atoms with Crippen molar-refractivity contribution < 1.29 is 14.0 Å². The Morgan fingerprint density at radius 2 is 1.58 bits per heavy atom. The number of hydrogen-bond acceptors (Lipinski definition) is 3. The van der Waals surface area contributed by atoms with Gasteiger partial charge in [0.25, 0.3) is 5.91 Å². The first kappa shape index (κ1) is 18.1. The quantitative estimate of drug-likeness (QED) is 0.917. The Morgan fingerprint density at radius 3 is 2.19 bits per heavy atom. The van der Waals surface area contributed by atoms with E-state index < -0.39 is 0 Å². The number of nitrogens with zero attached hydrogens (tertiary/aromatic N) is 2. The fourth-order valence-electron chi connectivity index (χ4n) is 3.02. The SMILES string of the molecule is CC(C(=O)Nc1ccc(F)cc1)N1CCN(C(=O)c2ccccc2)CC1.